The molecular weight excluding hydrogens is 268 g/mol. The van der Waals surface area contributed by atoms with Gasteiger partial charge in [-0.05, 0) is 34.7 Å². The minimum Gasteiger partial charge on any atom is -0.495 e. The molecule has 0 saturated carbocycles. The van der Waals surface area contributed by atoms with Gasteiger partial charge in [-0.15, -0.1) is 11.3 Å². The van der Waals surface area contributed by atoms with Crippen molar-refractivity contribution in [1.82, 2.24) is 0 Å². The van der Waals surface area contributed by atoms with Crippen LogP contribution in [0.5, 0.6) is 5.75 Å². The van der Waals surface area contributed by atoms with Crippen LogP contribution in [0.25, 0.3) is 10.8 Å². The van der Waals surface area contributed by atoms with E-state index in [1.165, 1.54) is 11.3 Å². The number of methoxy groups -OCH3 is 1. The molecule has 0 amide bonds. The van der Waals surface area contributed by atoms with Gasteiger partial charge < -0.3 is 4.74 Å². The Labute approximate surface area is 121 Å². The smallest absolute Gasteiger partial charge is 0.207 e. The summed E-state index contributed by atoms with van der Waals surface area (Å²) in [5, 5.41) is 3.96. The molecule has 1 aromatic heterocycles. The molecule has 0 N–H and O–H groups in total. The van der Waals surface area contributed by atoms with Gasteiger partial charge in [0, 0.05) is 5.56 Å². The summed E-state index contributed by atoms with van der Waals surface area (Å²) in [5.74, 6) is 0.679. The predicted octanol–water partition coefficient (Wildman–Crippen LogP) is 4.45. The van der Waals surface area contributed by atoms with Gasteiger partial charge in [-0.2, -0.15) is 0 Å². The molecule has 3 heteroatoms. The summed E-state index contributed by atoms with van der Waals surface area (Å²) in [6.45, 7) is 1.97. The van der Waals surface area contributed by atoms with Gasteiger partial charge in [-0.1, -0.05) is 36.4 Å². The van der Waals surface area contributed by atoms with E-state index in [0.717, 1.165) is 21.9 Å². The van der Waals surface area contributed by atoms with E-state index in [4.69, 9.17) is 4.74 Å². The third kappa shape index (κ3) is 2.00. The molecule has 20 heavy (non-hydrogen) atoms. The van der Waals surface area contributed by atoms with Crippen LogP contribution in [-0.4, -0.2) is 12.9 Å². The largest absolute Gasteiger partial charge is 0.495 e. The van der Waals surface area contributed by atoms with Crippen molar-refractivity contribution in [2.24, 2.45) is 0 Å². The number of hydrogen-bond acceptors (Lipinski definition) is 3. The Morgan fingerprint density at radius 1 is 1.10 bits per heavy atom. The van der Waals surface area contributed by atoms with Crippen LogP contribution in [0.3, 0.4) is 0 Å². The lowest BCUT2D eigenvalue weighted by atomic mass is 9.96. The minimum absolute atomic E-state index is 0.0335. The first-order valence-corrected chi connectivity index (χ1v) is 7.25. The number of ketones is 1. The van der Waals surface area contributed by atoms with Crippen LogP contribution in [0.4, 0.5) is 0 Å². The lowest BCUT2D eigenvalue weighted by Crippen LogP contribution is -2.04. The summed E-state index contributed by atoms with van der Waals surface area (Å²) >= 11 is 1.42. The Hall–Kier alpha value is -2.13. The number of carbonyl (C=O) groups is 1. The third-order valence-corrected chi connectivity index (χ3v) is 4.31. The summed E-state index contributed by atoms with van der Waals surface area (Å²) in [7, 11) is 1.59. The average molecular weight is 282 g/mol. The number of thiophene rings is 1. The summed E-state index contributed by atoms with van der Waals surface area (Å²) < 4.78 is 5.27. The van der Waals surface area contributed by atoms with Crippen molar-refractivity contribution < 1.29 is 9.53 Å². The van der Waals surface area contributed by atoms with E-state index in [1.54, 1.807) is 7.11 Å². The van der Waals surface area contributed by atoms with Crippen LogP contribution >= 0.6 is 11.3 Å². The number of fused-ring (bicyclic) bond motifs is 1. The van der Waals surface area contributed by atoms with Gasteiger partial charge in [0.2, 0.25) is 5.78 Å². The van der Waals surface area contributed by atoms with Crippen LogP contribution in [0.2, 0.25) is 0 Å². The molecule has 3 rings (SSSR count). The first-order valence-electron chi connectivity index (χ1n) is 6.37. The number of aryl methyl sites for hydroxylation is 1. The second-order valence-electron chi connectivity index (χ2n) is 4.63. The molecule has 0 saturated heterocycles. The Kier molecular flexibility index (Phi) is 3.28. The standard InChI is InChI=1S/C17H14O2S/c1-11-7-8-12-5-3-4-6-13(12)15(11)16(18)17-14(19-2)9-10-20-17/h3-10H,1-2H3. The monoisotopic (exact) mass is 282 g/mol. The topological polar surface area (TPSA) is 26.3 Å². The molecule has 0 aliphatic rings. The second-order valence-corrected chi connectivity index (χ2v) is 5.54. The van der Waals surface area contributed by atoms with E-state index in [9.17, 15) is 4.79 Å². The number of ether oxygens (including phenoxy) is 1. The van der Waals surface area contributed by atoms with Crippen molar-refractivity contribution in [3.8, 4) is 5.75 Å². The van der Waals surface area contributed by atoms with Crippen LogP contribution < -0.4 is 4.74 Å². The summed E-state index contributed by atoms with van der Waals surface area (Å²) in [4.78, 5) is 13.5. The summed E-state index contributed by atoms with van der Waals surface area (Å²) in [6, 6.07) is 13.8. The fourth-order valence-corrected chi connectivity index (χ4v) is 3.22. The van der Waals surface area contributed by atoms with Crippen LogP contribution in [-0.2, 0) is 0 Å². The Balaban J connectivity index is 2.24. The minimum atomic E-state index is 0.0335. The number of hydrogen-bond donors (Lipinski definition) is 0. The highest BCUT2D eigenvalue weighted by molar-refractivity contribution is 7.12. The average Bonchev–Trinajstić information content (AvgIpc) is 2.95. The van der Waals surface area contributed by atoms with Crippen molar-refractivity contribution in [2.75, 3.05) is 7.11 Å². The van der Waals surface area contributed by atoms with Crippen LogP contribution in [0.1, 0.15) is 20.8 Å². The van der Waals surface area contributed by atoms with Crippen molar-refractivity contribution >= 4 is 27.9 Å². The van der Waals surface area contributed by atoms with Gasteiger partial charge >= 0.3 is 0 Å². The lowest BCUT2D eigenvalue weighted by molar-refractivity contribution is 0.104. The van der Waals surface area contributed by atoms with E-state index in [0.29, 0.717) is 10.6 Å². The van der Waals surface area contributed by atoms with Gasteiger partial charge in [-0.3, -0.25) is 4.79 Å². The van der Waals surface area contributed by atoms with E-state index < -0.39 is 0 Å². The van der Waals surface area contributed by atoms with Crippen LogP contribution in [0, 0.1) is 6.92 Å². The molecule has 0 aliphatic carbocycles. The fraction of sp³-hybridized carbons (Fsp3) is 0.118. The van der Waals surface area contributed by atoms with Crippen LogP contribution in [0.15, 0.2) is 47.8 Å². The summed E-state index contributed by atoms with van der Waals surface area (Å²) in [6.07, 6.45) is 0. The number of rotatable bonds is 3. The second kappa shape index (κ2) is 5.10. The molecular formula is C17H14O2S. The quantitative estimate of drug-likeness (QED) is 0.663. The molecule has 0 atom stereocenters. The van der Waals surface area contributed by atoms with Crippen molar-refractivity contribution in [1.29, 1.82) is 0 Å². The number of carbonyl (C=O) groups excluding carboxylic acids is 1. The molecule has 0 bridgehead atoms. The Bertz CT molecular complexity index is 787. The normalized spacial score (nSPS) is 10.7. The van der Waals surface area contributed by atoms with Gasteiger partial charge in [-0.25, -0.2) is 0 Å². The Morgan fingerprint density at radius 3 is 2.70 bits per heavy atom. The molecule has 2 aromatic carbocycles. The highest BCUT2D eigenvalue weighted by Gasteiger charge is 2.20. The first kappa shape index (κ1) is 12.9. The first-order chi connectivity index (χ1) is 9.72. The molecule has 1 heterocycles. The molecule has 0 radical (unpaired) electrons. The lowest BCUT2D eigenvalue weighted by Gasteiger charge is -2.09. The molecule has 0 unspecified atom stereocenters. The zero-order valence-corrected chi connectivity index (χ0v) is 12.2. The van der Waals surface area contributed by atoms with Gasteiger partial charge in [0.25, 0.3) is 0 Å². The molecule has 0 spiro atoms. The third-order valence-electron chi connectivity index (χ3n) is 3.42. The number of benzene rings is 2. The van der Waals surface area contributed by atoms with Crippen molar-refractivity contribution in [3.63, 3.8) is 0 Å². The van der Waals surface area contributed by atoms with Gasteiger partial charge in [0.1, 0.15) is 10.6 Å². The predicted molar refractivity (Wildman–Crippen MR) is 83.0 cm³/mol. The maximum atomic E-state index is 12.9. The maximum absolute atomic E-state index is 12.9. The maximum Gasteiger partial charge on any atom is 0.207 e. The van der Waals surface area contributed by atoms with Crippen molar-refractivity contribution in [3.05, 3.63) is 63.8 Å². The van der Waals surface area contributed by atoms with Crippen molar-refractivity contribution in [2.45, 2.75) is 6.92 Å². The highest BCUT2D eigenvalue weighted by Crippen LogP contribution is 2.31. The van der Waals surface area contributed by atoms with E-state index >= 15 is 0 Å². The molecule has 100 valence electrons. The van der Waals surface area contributed by atoms with Gasteiger partial charge in [0.15, 0.2) is 0 Å². The van der Waals surface area contributed by atoms with Gasteiger partial charge in [0.05, 0.1) is 7.11 Å². The van der Waals surface area contributed by atoms with E-state index in [-0.39, 0.29) is 5.78 Å². The highest BCUT2D eigenvalue weighted by atomic mass is 32.1. The molecule has 0 aliphatic heterocycles. The fourth-order valence-electron chi connectivity index (χ4n) is 2.42. The molecule has 2 nitrogen and oxygen atoms in total. The summed E-state index contributed by atoms with van der Waals surface area (Å²) in [5.41, 5.74) is 1.76. The molecule has 3 aromatic rings. The zero-order valence-electron chi connectivity index (χ0n) is 11.3. The van der Waals surface area contributed by atoms with E-state index in [2.05, 4.69) is 0 Å². The molecule has 0 fully saturated rings. The van der Waals surface area contributed by atoms with E-state index in [1.807, 2.05) is 54.8 Å². The SMILES string of the molecule is COc1ccsc1C(=O)c1c(C)ccc2ccccc12. The Morgan fingerprint density at radius 2 is 1.90 bits per heavy atom. The zero-order chi connectivity index (χ0) is 14.1.